The number of hydrogen-bond donors (Lipinski definition) is 1. The molecule has 0 saturated carbocycles. The number of rotatable bonds is 12. The van der Waals surface area contributed by atoms with Crippen LogP contribution in [0.4, 0.5) is 0 Å². The predicted molar refractivity (Wildman–Crippen MR) is 120 cm³/mol. The van der Waals surface area contributed by atoms with Crippen LogP contribution in [-0.2, 0) is 17.8 Å². The molecule has 3 rings (SSSR count). The maximum atomic E-state index is 10.9. The van der Waals surface area contributed by atoms with Gasteiger partial charge >= 0.3 is 0 Å². The van der Waals surface area contributed by atoms with Gasteiger partial charge in [0.05, 0.1) is 33.8 Å². The molecular weight excluding hydrogens is 392 g/mol. The van der Waals surface area contributed by atoms with Crippen molar-refractivity contribution < 1.29 is 19.3 Å². The molecule has 3 unspecified atom stereocenters. The topological polar surface area (TPSA) is 65.7 Å². The number of aliphatic hydroxyl groups excluding tert-OH is 1. The summed E-state index contributed by atoms with van der Waals surface area (Å²) in [5.74, 6) is 2.00. The molecule has 1 N–H and O–H groups in total. The van der Waals surface area contributed by atoms with Crippen LogP contribution in [0, 0.1) is 11.8 Å². The molecule has 2 aromatic carbocycles. The Morgan fingerprint density at radius 3 is 2.10 bits per heavy atom. The van der Waals surface area contributed by atoms with Gasteiger partial charge in [-0.15, -0.1) is 0 Å². The lowest BCUT2D eigenvalue weighted by molar-refractivity contribution is -0.0253. The van der Waals surface area contributed by atoms with Gasteiger partial charge in [-0.3, -0.25) is 0 Å². The van der Waals surface area contributed by atoms with Crippen LogP contribution >= 0.6 is 0 Å². The summed E-state index contributed by atoms with van der Waals surface area (Å²) in [5.41, 5.74) is 2.33. The van der Waals surface area contributed by atoms with Gasteiger partial charge < -0.3 is 23.9 Å². The Kier molecular flexibility index (Phi) is 8.50. The molecule has 0 fully saturated rings. The zero-order valence-electron chi connectivity index (χ0n) is 18.5. The highest BCUT2D eigenvalue weighted by atomic mass is 16.5. The Labute approximate surface area is 184 Å². The molecule has 0 saturated heterocycles. The number of ether oxygens (including phenoxy) is 3. The molecule has 0 aliphatic rings. The van der Waals surface area contributed by atoms with Crippen LogP contribution in [0.1, 0.15) is 30.7 Å². The van der Waals surface area contributed by atoms with Gasteiger partial charge in [-0.1, -0.05) is 31.2 Å². The van der Waals surface area contributed by atoms with Crippen molar-refractivity contribution >= 4 is 0 Å². The minimum Gasteiger partial charge on any atom is -0.497 e. The fourth-order valence-electron chi connectivity index (χ4n) is 3.76. The molecule has 166 valence electrons. The van der Waals surface area contributed by atoms with Crippen LogP contribution in [0.25, 0.3) is 0 Å². The fraction of sp³-hybridized carbons (Fsp3) is 0.400. The van der Waals surface area contributed by atoms with E-state index in [1.807, 2.05) is 36.4 Å². The fourth-order valence-corrected chi connectivity index (χ4v) is 3.76. The summed E-state index contributed by atoms with van der Waals surface area (Å²) >= 11 is 0. The van der Waals surface area contributed by atoms with Crippen LogP contribution in [0.3, 0.4) is 0 Å². The first kappa shape index (κ1) is 22.8. The maximum Gasteiger partial charge on any atom is 0.136 e. The second kappa shape index (κ2) is 11.5. The lowest BCUT2D eigenvalue weighted by Crippen LogP contribution is -2.25. The summed E-state index contributed by atoms with van der Waals surface area (Å²) in [5, 5.41) is 10.9. The van der Waals surface area contributed by atoms with Gasteiger partial charge in [-0.25, -0.2) is 4.98 Å². The molecule has 0 radical (unpaired) electrons. The molecular formula is C25H32N2O4. The Morgan fingerprint density at radius 2 is 1.55 bits per heavy atom. The Morgan fingerprint density at radius 1 is 0.935 bits per heavy atom. The van der Waals surface area contributed by atoms with Gasteiger partial charge in [0.2, 0.25) is 0 Å². The van der Waals surface area contributed by atoms with E-state index in [4.69, 9.17) is 14.2 Å². The number of imidazole rings is 1. The van der Waals surface area contributed by atoms with Crippen molar-refractivity contribution in [3.63, 3.8) is 0 Å². The van der Waals surface area contributed by atoms with E-state index in [9.17, 15) is 5.11 Å². The minimum atomic E-state index is -0.684. The van der Waals surface area contributed by atoms with Gasteiger partial charge in [0.15, 0.2) is 0 Å². The molecule has 3 aromatic rings. The quantitative estimate of drug-likeness (QED) is 0.464. The first-order valence-electron chi connectivity index (χ1n) is 10.6. The molecule has 6 nitrogen and oxygen atoms in total. The summed E-state index contributed by atoms with van der Waals surface area (Å²) in [6.45, 7) is 3.16. The van der Waals surface area contributed by atoms with E-state index in [1.165, 1.54) is 5.56 Å². The number of methoxy groups -OCH3 is 2. The summed E-state index contributed by atoms with van der Waals surface area (Å²) < 4.78 is 18.2. The highest BCUT2D eigenvalue weighted by molar-refractivity contribution is 5.27. The second-order valence-corrected chi connectivity index (χ2v) is 7.94. The Hall–Kier alpha value is -2.83. The first-order valence-corrected chi connectivity index (χ1v) is 10.6. The zero-order valence-corrected chi connectivity index (χ0v) is 18.5. The van der Waals surface area contributed by atoms with Crippen molar-refractivity contribution in [1.82, 2.24) is 9.55 Å². The summed E-state index contributed by atoms with van der Waals surface area (Å²) in [6.07, 6.45) is 6.18. The number of hydrogen-bond acceptors (Lipinski definition) is 5. The monoisotopic (exact) mass is 424 g/mol. The normalized spacial score (nSPS) is 14.1. The smallest absolute Gasteiger partial charge is 0.136 e. The van der Waals surface area contributed by atoms with Crippen molar-refractivity contribution in [1.29, 1.82) is 0 Å². The van der Waals surface area contributed by atoms with Gasteiger partial charge in [0.25, 0.3) is 0 Å². The van der Waals surface area contributed by atoms with Gasteiger partial charge in [-0.2, -0.15) is 0 Å². The van der Waals surface area contributed by atoms with Gasteiger partial charge in [0.1, 0.15) is 17.7 Å². The number of aromatic nitrogens is 2. The molecule has 3 atom stereocenters. The standard InChI is InChI=1S/C25H32N2O4/c1-19(14-20-4-8-23(29-2)9-5-20)15-22(25(28)27-13-12-26-18-27)17-31-16-21-6-10-24(30-3)11-7-21/h4-13,18-19,22,25,28H,14-17H2,1-3H3. The van der Waals surface area contributed by atoms with Crippen LogP contribution in [-0.4, -0.2) is 35.5 Å². The minimum absolute atomic E-state index is 0.0549. The molecule has 0 spiro atoms. The summed E-state index contributed by atoms with van der Waals surface area (Å²) in [4.78, 5) is 4.07. The number of benzene rings is 2. The number of aliphatic hydroxyl groups is 1. The Bertz CT molecular complexity index is 879. The molecule has 31 heavy (non-hydrogen) atoms. The SMILES string of the molecule is COc1ccc(COCC(CC(C)Cc2ccc(OC)cc2)C(O)n2ccnc2)cc1. The summed E-state index contributed by atoms with van der Waals surface area (Å²) in [6, 6.07) is 16.0. The molecule has 0 bridgehead atoms. The maximum absolute atomic E-state index is 10.9. The third-order valence-corrected chi connectivity index (χ3v) is 5.46. The van der Waals surface area contributed by atoms with E-state index in [2.05, 4.69) is 24.0 Å². The van der Waals surface area contributed by atoms with E-state index < -0.39 is 6.23 Å². The highest BCUT2D eigenvalue weighted by Crippen LogP contribution is 2.26. The van der Waals surface area contributed by atoms with Crippen molar-refractivity contribution in [2.24, 2.45) is 11.8 Å². The van der Waals surface area contributed by atoms with Crippen LogP contribution in [0.15, 0.2) is 67.3 Å². The average molecular weight is 425 g/mol. The van der Waals surface area contributed by atoms with E-state index in [0.29, 0.717) is 19.1 Å². The molecule has 0 aliphatic heterocycles. The van der Waals surface area contributed by atoms with Crippen molar-refractivity contribution in [2.45, 2.75) is 32.6 Å². The van der Waals surface area contributed by atoms with Crippen molar-refractivity contribution in [3.8, 4) is 11.5 Å². The summed E-state index contributed by atoms with van der Waals surface area (Å²) in [7, 11) is 3.33. The average Bonchev–Trinajstić information content (AvgIpc) is 3.34. The third-order valence-electron chi connectivity index (χ3n) is 5.46. The highest BCUT2D eigenvalue weighted by Gasteiger charge is 2.23. The number of nitrogens with zero attached hydrogens (tertiary/aromatic N) is 2. The largest absolute Gasteiger partial charge is 0.497 e. The molecule has 6 heteroatoms. The van der Waals surface area contributed by atoms with Crippen LogP contribution < -0.4 is 9.47 Å². The lowest BCUT2D eigenvalue weighted by Gasteiger charge is -2.26. The first-order chi connectivity index (χ1) is 15.1. The second-order valence-electron chi connectivity index (χ2n) is 7.94. The molecule has 0 aliphatic carbocycles. The van der Waals surface area contributed by atoms with E-state index >= 15 is 0 Å². The molecule has 1 aromatic heterocycles. The van der Waals surface area contributed by atoms with Crippen molar-refractivity contribution in [2.75, 3.05) is 20.8 Å². The van der Waals surface area contributed by atoms with Crippen LogP contribution in [0.2, 0.25) is 0 Å². The third kappa shape index (κ3) is 6.84. The van der Waals surface area contributed by atoms with E-state index in [-0.39, 0.29) is 5.92 Å². The van der Waals surface area contributed by atoms with Crippen molar-refractivity contribution in [3.05, 3.63) is 78.4 Å². The Balaban J connectivity index is 1.59. The molecule has 1 heterocycles. The molecule has 0 amide bonds. The predicted octanol–water partition coefficient (Wildman–Crippen LogP) is 4.49. The zero-order chi connectivity index (χ0) is 22.1. The van der Waals surface area contributed by atoms with Gasteiger partial charge in [-0.05, 0) is 54.2 Å². The van der Waals surface area contributed by atoms with E-state index in [0.717, 1.165) is 29.9 Å². The lowest BCUT2D eigenvalue weighted by atomic mass is 9.90. The van der Waals surface area contributed by atoms with Gasteiger partial charge in [0, 0.05) is 18.3 Å². The van der Waals surface area contributed by atoms with Crippen LogP contribution in [0.5, 0.6) is 11.5 Å². The van der Waals surface area contributed by atoms with E-state index in [1.54, 1.807) is 37.5 Å².